The minimum Gasteiger partial charge on any atom is -0.466 e. The van der Waals surface area contributed by atoms with Gasteiger partial charge < -0.3 is 4.74 Å². The number of ether oxygens (including phenoxy) is 1. The van der Waals surface area contributed by atoms with Gasteiger partial charge in [-0.25, -0.2) is 5.48 Å². The Morgan fingerprint density at radius 3 is 2.36 bits per heavy atom. The molecule has 0 fully saturated rings. The van der Waals surface area contributed by atoms with E-state index in [4.69, 9.17) is 0 Å². The highest BCUT2D eigenvalue weighted by Crippen LogP contribution is 1.88. The van der Waals surface area contributed by atoms with E-state index in [1.165, 1.54) is 0 Å². The number of nitrogens with one attached hydrogen (secondary N) is 1. The summed E-state index contributed by atoms with van der Waals surface area (Å²) >= 11 is 0. The normalized spacial score (nSPS) is 10.7. The van der Waals surface area contributed by atoms with Crippen LogP contribution in [0.1, 0.15) is 13.3 Å². The minimum atomic E-state index is -3.75. The van der Waals surface area contributed by atoms with Gasteiger partial charge in [0.1, 0.15) is 6.42 Å². The summed E-state index contributed by atoms with van der Waals surface area (Å²) in [7, 11) is -3.75. The highest BCUT2D eigenvalue weighted by atomic mass is 32.2. The third kappa shape index (κ3) is 7.50. The van der Waals surface area contributed by atoms with Crippen molar-refractivity contribution in [3.8, 4) is 0 Å². The van der Waals surface area contributed by atoms with Crippen molar-refractivity contribution in [1.29, 1.82) is 0 Å². The lowest BCUT2D eigenvalue weighted by atomic mass is 10.4. The molecule has 0 bridgehead atoms. The Morgan fingerprint density at radius 1 is 1.36 bits per heavy atom. The van der Waals surface area contributed by atoms with Crippen LogP contribution in [0.15, 0.2) is 0 Å². The molecule has 14 heavy (non-hydrogen) atoms. The number of amides is 1. The molecule has 0 aromatic carbocycles. The molecule has 1 N–H and O–H groups in total. The van der Waals surface area contributed by atoms with Crippen molar-refractivity contribution in [3.63, 3.8) is 0 Å². The summed E-state index contributed by atoms with van der Waals surface area (Å²) in [6.07, 6.45) is 0.182. The van der Waals surface area contributed by atoms with Crippen LogP contribution in [-0.4, -0.2) is 33.2 Å². The summed E-state index contributed by atoms with van der Waals surface area (Å²) in [5.41, 5.74) is 1.58. The first kappa shape index (κ1) is 12.8. The number of carbonyl (C=O) groups excluding carboxylic acids is 2. The van der Waals surface area contributed by atoms with E-state index < -0.39 is 28.4 Å². The molecule has 0 spiro atoms. The Kier molecular flexibility index (Phi) is 5.10. The van der Waals surface area contributed by atoms with Crippen LogP contribution in [0.5, 0.6) is 0 Å². The number of hydrogen-bond donors (Lipinski definition) is 1. The van der Waals surface area contributed by atoms with Crippen molar-refractivity contribution in [2.45, 2.75) is 13.3 Å². The second-order valence-electron chi connectivity index (χ2n) is 2.29. The standard InChI is InChI=1S/C6H11NO6S/c1-3-12-6(9)4-5(8)7-13-14(2,10)11/h3-4H2,1-2H3,(H,7,8). The van der Waals surface area contributed by atoms with Crippen LogP contribution < -0.4 is 5.48 Å². The predicted molar refractivity (Wildman–Crippen MR) is 45.3 cm³/mol. The third-order valence-electron chi connectivity index (χ3n) is 0.917. The molecule has 8 heteroatoms. The second-order valence-corrected chi connectivity index (χ2v) is 3.87. The van der Waals surface area contributed by atoms with Gasteiger partial charge in [-0.3, -0.25) is 9.59 Å². The number of esters is 1. The van der Waals surface area contributed by atoms with Crippen molar-refractivity contribution in [2.75, 3.05) is 12.9 Å². The fourth-order valence-electron chi connectivity index (χ4n) is 0.501. The Morgan fingerprint density at radius 2 is 1.93 bits per heavy atom. The van der Waals surface area contributed by atoms with E-state index in [2.05, 4.69) is 9.02 Å². The topological polar surface area (TPSA) is 98.8 Å². The molecule has 0 aromatic rings. The molecule has 7 nitrogen and oxygen atoms in total. The molecule has 0 rings (SSSR count). The van der Waals surface area contributed by atoms with E-state index in [-0.39, 0.29) is 6.61 Å². The van der Waals surface area contributed by atoms with Gasteiger partial charge in [-0.2, -0.15) is 8.42 Å². The Hall–Kier alpha value is -1.15. The second kappa shape index (κ2) is 5.55. The van der Waals surface area contributed by atoms with E-state index >= 15 is 0 Å². The average molecular weight is 225 g/mol. The molecule has 0 saturated carbocycles. The van der Waals surface area contributed by atoms with Crippen LogP contribution in [0, 0.1) is 0 Å². The number of carbonyl (C=O) groups is 2. The molecule has 1 amide bonds. The van der Waals surface area contributed by atoms with E-state index in [1.54, 1.807) is 12.4 Å². The van der Waals surface area contributed by atoms with Gasteiger partial charge in [0.05, 0.1) is 12.9 Å². The highest BCUT2D eigenvalue weighted by Gasteiger charge is 2.12. The molecular weight excluding hydrogens is 214 g/mol. The Labute approximate surface area is 81.5 Å². The first-order chi connectivity index (χ1) is 6.35. The monoisotopic (exact) mass is 225 g/mol. The molecule has 0 aliphatic heterocycles. The molecule has 82 valence electrons. The van der Waals surface area contributed by atoms with Crippen LogP contribution >= 0.6 is 0 Å². The zero-order valence-corrected chi connectivity index (χ0v) is 8.59. The third-order valence-corrected chi connectivity index (χ3v) is 1.30. The summed E-state index contributed by atoms with van der Waals surface area (Å²) in [5, 5.41) is 0. The molecule has 0 aliphatic carbocycles. The molecule has 0 radical (unpaired) electrons. The van der Waals surface area contributed by atoms with Crippen molar-refractivity contribution in [2.24, 2.45) is 0 Å². The van der Waals surface area contributed by atoms with Gasteiger partial charge in [-0.15, -0.1) is 4.28 Å². The molecule has 0 heterocycles. The van der Waals surface area contributed by atoms with Crippen LogP contribution in [0.2, 0.25) is 0 Å². The van der Waals surface area contributed by atoms with Crippen LogP contribution in [-0.2, 0) is 28.7 Å². The number of hydroxylamine groups is 1. The summed E-state index contributed by atoms with van der Waals surface area (Å²) < 4.78 is 29.2. The minimum absolute atomic E-state index is 0.152. The highest BCUT2D eigenvalue weighted by molar-refractivity contribution is 7.85. The van der Waals surface area contributed by atoms with Gasteiger partial charge in [-0.05, 0) is 6.92 Å². The van der Waals surface area contributed by atoms with Crippen LogP contribution in [0.25, 0.3) is 0 Å². The Balaban J connectivity index is 3.83. The van der Waals surface area contributed by atoms with Gasteiger partial charge in [0, 0.05) is 0 Å². The fraction of sp³-hybridized carbons (Fsp3) is 0.667. The maximum atomic E-state index is 10.8. The smallest absolute Gasteiger partial charge is 0.315 e. The van der Waals surface area contributed by atoms with Crippen molar-refractivity contribution < 1.29 is 27.0 Å². The van der Waals surface area contributed by atoms with Gasteiger partial charge in [-0.1, -0.05) is 0 Å². The lowest BCUT2D eigenvalue weighted by Crippen LogP contribution is -2.28. The zero-order valence-electron chi connectivity index (χ0n) is 7.77. The predicted octanol–water partition coefficient (Wildman–Crippen LogP) is -1.05. The maximum absolute atomic E-state index is 10.8. The maximum Gasteiger partial charge on any atom is 0.315 e. The SMILES string of the molecule is CCOC(=O)CC(=O)NOS(C)(=O)=O. The Bertz CT molecular complexity index is 308. The largest absolute Gasteiger partial charge is 0.466 e. The van der Waals surface area contributed by atoms with Gasteiger partial charge >= 0.3 is 5.97 Å². The van der Waals surface area contributed by atoms with Crippen LogP contribution in [0.4, 0.5) is 0 Å². The summed E-state index contributed by atoms with van der Waals surface area (Å²) in [5.74, 6) is -1.63. The lowest BCUT2D eigenvalue weighted by molar-refractivity contribution is -0.147. The average Bonchev–Trinajstić information content (AvgIpc) is 2.00. The number of hydrogen-bond acceptors (Lipinski definition) is 6. The molecule has 0 saturated heterocycles. The van der Waals surface area contributed by atoms with E-state index in [1.807, 2.05) is 0 Å². The van der Waals surface area contributed by atoms with Gasteiger partial charge in [0.2, 0.25) is 0 Å². The van der Waals surface area contributed by atoms with Crippen molar-refractivity contribution >= 4 is 22.0 Å². The summed E-state index contributed by atoms with van der Waals surface area (Å²) in [6.45, 7) is 1.74. The fourth-order valence-corrected chi connectivity index (χ4v) is 0.746. The zero-order chi connectivity index (χ0) is 11.2. The number of rotatable bonds is 5. The summed E-state index contributed by atoms with van der Waals surface area (Å²) in [4.78, 5) is 21.5. The quantitative estimate of drug-likeness (QED) is 0.364. The van der Waals surface area contributed by atoms with E-state index in [9.17, 15) is 18.0 Å². The molecule has 0 aliphatic rings. The van der Waals surface area contributed by atoms with Crippen LogP contribution in [0.3, 0.4) is 0 Å². The molecular formula is C6H11NO6S. The molecule has 0 atom stereocenters. The van der Waals surface area contributed by atoms with E-state index in [0.717, 1.165) is 6.26 Å². The summed E-state index contributed by atoms with van der Waals surface area (Å²) in [6, 6.07) is 0. The molecule has 0 aromatic heterocycles. The first-order valence-electron chi connectivity index (χ1n) is 3.68. The van der Waals surface area contributed by atoms with E-state index in [0.29, 0.717) is 0 Å². The first-order valence-corrected chi connectivity index (χ1v) is 5.49. The van der Waals surface area contributed by atoms with Gasteiger partial charge in [0.15, 0.2) is 0 Å². The lowest BCUT2D eigenvalue weighted by Gasteiger charge is -2.02. The molecule has 0 unspecified atom stereocenters. The van der Waals surface area contributed by atoms with Crippen molar-refractivity contribution in [1.82, 2.24) is 5.48 Å². The van der Waals surface area contributed by atoms with Crippen molar-refractivity contribution in [3.05, 3.63) is 0 Å². The van der Waals surface area contributed by atoms with Gasteiger partial charge in [0.25, 0.3) is 16.0 Å².